The van der Waals surface area contributed by atoms with Crippen LogP contribution >= 0.6 is 23.4 Å². The Kier molecular flexibility index (Phi) is 7.79. The number of carbonyl (C=O) groups is 3. The number of nitrogens with one attached hydrogen (secondary N) is 1. The Morgan fingerprint density at radius 2 is 1.81 bits per heavy atom. The third-order valence-electron chi connectivity index (χ3n) is 6.12. The Morgan fingerprint density at radius 3 is 2.59 bits per heavy atom. The van der Waals surface area contributed by atoms with Crippen molar-refractivity contribution in [1.29, 1.82) is 0 Å². The van der Waals surface area contributed by atoms with Crippen LogP contribution in [-0.4, -0.2) is 47.6 Å². The first-order valence-corrected chi connectivity index (χ1v) is 13.5. The molecule has 1 N–H and O–H groups in total. The maximum absolute atomic E-state index is 12.9. The highest BCUT2D eigenvalue weighted by Crippen LogP contribution is 2.31. The molecule has 9 heteroatoms. The van der Waals surface area contributed by atoms with Crippen LogP contribution < -0.4 is 10.1 Å². The normalized spacial score (nSPS) is 16.7. The van der Waals surface area contributed by atoms with Gasteiger partial charge in [-0.1, -0.05) is 29.8 Å². The first kappa shape index (κ1) is 25.3. The Labute approximate surface area is 224 Å². The molecule has 5 rings (SSSR count). The maximum Gasteiger partial charge on any atom is 0.261 e. The average molecular weight is 537 g/mol. The van der Waals surface area contributed by atoms with Gasteiger partial charge in [0.2, 0.25) is 5.91 Å². The van der Waals surface area contributed by atoms with E-state index in [1.807, 2.05) is 24.3 Å². The van der Waals surface area contributed by atoms with Gasteiger partial charge >= 0.3 is 0 Å². The number of imide groups is 1. The van der Waals surface area contributed by atoms with Gasteiger partial charge < -0.3 is 14.8 Å². The molecule has 0 bridgehead atoms. The van der Waals surface area contributed by atoms with Crippen molar-refractivity contribution in [3.05, 3.63) is 88.4 Å². The minimum absolute atomic E-state index is 0.105. The standard InChI is InChI=1S/C28H25ClN2O5S/c29-19-8-6-18(7-9-19)16-37-17-26(32)30-20-3-1-4-21(13-20)36-22-10-11-24-25(14-22)28(34)31(27(24)33)15-23-5-2-12-35-23/h1,3-4,6-11,13-14,23H,2,5,12,15-17H2,(H,30,32). The Bertz CT molecular complexity index is 1320. The molecule has 0 aliphatic carbocycles. The van der Waals surface area contributed by atoms with Crippen LogP contribution in [0.15, 0.2) is 66.7 Å². The second kappa shape index (κ2) is 11.4. The fourth-order valence-electron chi connectivity index (χ4n) is 4.30. The molecule has 0 spiro atoms. The van der Waals surface area contributed by atoms with Crippen molar-refractivity contribution < 1.29 is 23.9 Å². The number of benzene rings is 3. The summed E-state index contributed by atoms with van der Waals surface area (Å²) < 4.78 is 11.5. The number of anilines is 1. The molecule has 37 heavy (non-hydrogen) atoms. The molecule has 1 saturated heterocycles. The van der Waals surface area contributed by atoms with E-state index in [-0.39, 0.29) is 30.4 Å². The molecular formula is C28H25ClN2O5S. The largest absolute Gasteiger partial charge is 0.457 e. The SMILES string of the molecule is O=C(CSCc1ccc(Cl)cc1)Nc1cccc(Oc2ccc3c(c2)C(=O)N(CC2CCCO2)C3=O)c1. The molecular weight excluding hydrogens is 512 g/mol. The molecule has 7 nitrogen and oxygen atoms in total. The number of halogens is 1. The highest BCUT2D eigenvalue weighted by molar-refractivity contribution is 7.99. The van der Waals surface area contributed by atoms with Crippen molar-refractivity contribution >= 4 is 46.8 Å². The van der Waals surface area contributed by atoms with E-state index in [0.29, 0.717) is 51.4 Å². The lowest BCUT2D eigenvalue weighted by atomic mass is 10.1. The summed E-state index contributed by atoms with van der Waals surface area (Å²) in [4.78, 5) is 39.3. The quantitative estimate of drug-likeness (QED) is 0.349. The number of thioether (sulfide) groups is 1. The molecule has 2 heterocycles. The third-order valence-corrected chi connectivity index (χ3v) is 7.38. The van der Waals surface area contributed by atoms with E-state index in [2.05, 4.69) is 5.32 Å². The maximum atomic E-state index is 12.9. The van der Waals surface area contributed by atoms with Gasteiger partial charge in [0.25, 0.3) is 11.8 Å². The molecule has 1 fully saturated rings. The second-order valence-corrected chi connectivity index (χ2v) is 10.3. The zero-order valence-electron chi connectivity index (χ0n) is 19.9. The Morgan fingerprint density at radius 1 is 1.03 bits per heavy atom. The van der Waals surface area contributed by atoms with Crippen LogP contribution in [0.1, 0.15) is 39.1 Å². The summed E-state index contributed by atoms with van der Waals surface area (Å²) in [6, 6.07) is 19.4. The lowest BCUT2D eigenvalue weighted by molar-refractivity contribution is -0.113. The van der Waals surface area contributed by atoms with E-state index in [1.54, 1.807) is 42.5 Å². The predicted molar refractivity (Wildman–Crippen MR) is 144 cm³/mol. The summed E-state index contributed by atoms with van der Waals surface area (Å²) in [5.74, 6) is 1.18. The van der Waals surface area contributed by atoms with Crippen molar-refractivity contribution in [1.82, 2.24) is 4.90 Å². The number of hydrogen-bond acceptors (Lipinski definition) is 6. The number of rotatable bonds is 9. The molecule has 0 radical (unpaired) electrons. The highest BCUT2D eigenvalue weighted by atomic mass is 35.5. The lowest BCUT2D eigenvalue weighted by Crippen LogP contribution is -2.36. The number of nitrogens with zero attached hydrogens (tertiary/aromatic N) is 1. The van der Waals surface area contributed by atoms with Crippen LogP contribution in [-0.2, 0) is 15.3 Å². The molecule has 3 amide bonds. The zero-order valence-corrected chi connectivity index (χ0v) is 21.5. The molecule has 2 aliphatic rings. The summed E-state index contributed by atoms with van der Waals surface area (Å²) in [7, 11) is 0. The molecule has 2 aliphatic heterocycles. The number of ether oxygens (including phenoxy) is 2. The van der Waals surface area contributed by atoms with E-state index >= 15 is 0 Å². The van der Waals surface area contributed by atoms with Gasteiger partial charge in [0, 0.05) is 29.1 Å². The summed E-state index contributed by atoms with van der Waals surface area (Å²) in [6.07, 6.45) is 1.68. The minimum Gasteiger partial charge on any atom is -0.457 e. The van der Waals surface area contributed by atoms with Gasteiger partial charge in [-0.15, -0.1) is 11.8 Å². The molecule has 1 unspecified atom stereocenters. The Hall–Kier alpha value is -3.33. The summed E-state index contributed by atoms with van der Waals surface area (Å²) in [6.45, 7) is 0.926. The summed E-state index contributed by atoms with van der Waals surface area (Å²) in [5, 5.41) is 3.57. The van der Waals surface area contributed by atoms with Crippen LogP contribution in [0.25, 0.3) is 0 Å². The lowest BCUT2D eigenvalue weighted by Gasteiger charge is -2.17. The smallest absolute Gasteiger partial charge is 0.261 e. The van der Waals surface area contributed by atoms with Crippen molar-refractivity contribution in [2.24, 2.45) is 0 Å². The molecule has 3 aromatic carbocycles. The van der Waals surface area contributed by atoms with Gasteiger partial charge in [-0.2, -0.15) is 0 Å². The molecule has 3 aromatic rings. The predicted octanol–water partition coefficient (Wildman–Crippen LogP) is 5.78. The second-order valence-electron chi connectivity index (χ2n) is 8.86. The monoisotopic (exact) mass is 536 g/mol. The number of fused-ring (bicyclic) bond motifs is 1. The van der Waals surface area contributed by atoms with Crippen LogP contribution in [0.5, 0.6) is 11.5 Å². The molecule has 1 atom stereocenters. The number of amides is 3. The van der Waals surface area contributed by atoms with E-state index in [1.165, 1.54) is 16.7 Å². The van der Waals surface area contributed by atoms with Gasteiger partial charge in [-0.05, 0) is 60.9 Å². The van der Waals surface area contributed by atoms with Crippen LogP contribution in [0.2, 0.25) is 5.02 Å². The van der Waals surface area contributed by atoms with Crippen LogP contribution in [0, 0.1) is 0 Å². The van der Waals surface area contributed by atoms with Gasteiger partial charge in [0.1, 0.15) is 11.5 Å². The van der Waals surface area contributed by atoms with E-state index in [9.17, 15) is 14.4 Å². The molecule has 190 valence electrons. The van der Waals surface area contributed by atoms with Gasteiger partial charge in [-0.25, -0.2) is 0 Å². The molecule has 0 aromatic heterocycles. The van der Waals surface area contributed by atoms with E-state index in [0.717, 1.165) is 18.4 Å². The fourth-order valence-corrected chi connectivity index (χ4v) is 5.22. The third kappa shape index (κ3) is 6.15. The first-order chi connectivity index (χ1) is 18.0. The van der Waals surface area contributed by atoms with Gasteiger partial charge in [0.15, 0.2) is 0 Å². The van der Waals surface area contributed by atoms with Crippen LogP contribution in [0.4, 0.5) is 5.69 Å². The zero-order chi connectivity index (χ0) is 25.8. The van der Waals surface area contributed by atoms with Crippen molar-refractivity contribution in [2.45, 2.75) is 24.7 Å². The molecule has 0 saturated carbocycles. The number of carbonyl (C=O) groups excluding carboxylic acids is 3. The van der Waals surface area contributed by atoms with Gasteiger partial charge in [-0.3, -0.25) is 19.3 Å². The highest BCUT2D eigenvalue weighted by Gasteiger charge is 2.37. The first-order valence-electron chi connectivity index (χ1n) is 12.0. The topological polar surface area (TPSA) is 84.9 Å². The van der Waals surface area contributed by atoms with E-state index < -0.39 is 0 Å². The van der Waals surface area contributed by atoms with Crippen LogP contribution in [0.3, 0.4) is 0 Å². The summed E-state index contributed by atoms with van der Waals surface area (Å²) >= 11 is 7.42. The average Bonchev–Trinajstić information content (AvgIpc) is 3.48. The van der Waals surface area contributed by atoms with E-state index in [4.69, 9.17) is 21.1 Å². The minimum atomic E-state index is -0.335. The van der Waals surface area contributed by atoms with Crippen molar-refractivity contribution in [3.8, 4) is 11.5 Å². The summed E-state index contributed by atoms with van der Waals surface area (Å²) in [5.41, 5.74) is 2.39. The Balaban J connectivity index is 1.18. The number of hydrogen-bond donors (Lipinski definition) is 1. The van der Waals surface area contributed by atoms with Crippen molar-refractivity contribution in [2.75, 3.05) is 24.2 Å². The van der Waals surface area contributed by atoms with Crippen molar-refractivity contribution in [3.63, 3.8) is 0 Å². The fraction of sp³-hybridized carbons (Fsp3) is 0.250. The van der Waals surface area contributed by atoms with Gasteiger partial charge in [0.05, 0.1) is 29.5 Å².